The van der Waals surface area contributed by atoms with Gasteiger partial charge in [0.2, 0.25) is 0 Å². The number of carbonyl (C=O) groups is 2. The summed E-state index contributed by atoms with van der Waals surface area (Å²) in [5.41, 5.74) is -0.840. The minimum Gasteiger partial charge on any atom is -0.465 e. The molecule has 0 aromatic heterocycles. The highest BCUT2D eigenvalue weighted by atomic mass is 28.4. The maximum atomic E-state index is 12.3. The van der Waals surface area contributed by atoms with E-state index in [9.17, 15) is 9.59 Å². The van der Waals surface area contributed by atoms with E-state index in [2.05, 4.69) is 47.0 Å². The largest absolute Gasteiger partial charge is 0.465 e. The van der Waals surface area contributed by atoms with Crippen molar-refractivity contribution in [2.24, 2.45) is 11.3 Å². The standard InChI is InChI=1S/C18H32O4Si/c1-10-14(19)15(16(20)21-12-3)18(7,11-2)13-22-23(8,9)17(4,5)6/h10-11,15H,1-2,12-13H2,3-9H3/t15?,18-/m1/s1. The molecular formula is C18H32O4Si. The van der Waals surface area contributed by atoms with Crippen LogP contribution in [0.4, 0.5) is 0 Å². The lowest BCUT2D eigenvalue weighted by Crippen LogP contribution is -2.47. The van der Waals surface area contributed by atoms with Gasteiger partial charge in [-0.3, -0.25) is 9.59 Å². The zero-order chi connectivity index (χ0) is 18.5. The molecule has 0 aliphatic carbocycles. The number of allylic oxidation sites excluding steroid dienone is 1. The lowest BCUT2D eigenvalue weighted by molar-refractivity contribution is -0.155. The van der Waals surface area contributed by atoms with E-state index in [0.29, 0.717) is 0 Å². The molecule has 0 aliphatic heterocycles. The topological polar surface area (TPSA) is 52.6 Å². The molecule has 0 saturated heterocycles. The van der Waals surface area contributed by atoms with E-state index in [-0.39, 0.29) is 24.0 Å². The van der Waals surface area contributed by atoms with Crippen LogP contribution in [-0.2, 0) is 18.8 Å². The molecule has 23 heavy (non-hydrogen) atoms. The third-order valence-corrected chi connectivity index (χ3v) is 9.16. The fraction of sp³-hybridized carbons (Fsp3) is 0.667. The number of carbonyl (C=O) groups excluding carboxylic acids is 2. The molecule has 0 heterocycles. The van der Waals surface area contributed by atoms with Crippen molar-refractivity contribution in [2.75, 3.05) is 13.2 Å². The van der Waals surface area contributed by atoms with Crippen LogP contribution in [0.25, 0.3) is 0 Å². The molecule has 0 spiro atoms. The molecule has 0 N–H and O–H groups in total. The fourth-order valence-electron chi connectivity index (χ4n) is 1.87. The summed E-state index contributed by atoms with van der Waals surface area (Å²) < 4.78 is 11.3. The molecule has 0 aromatic rings. The monoisotopic (exact) mass is 340 g/mol. The van der Waals surface area contributed by atoms with E-state index in [0.717, 1.165) is 6.08 Å². The van der Waals surface area contributed by atoms with E-state index in [1.54, 1.807) is 19.9 Å². The van der Waals surface area contributed by atoms with Gasteiger partial charge in [0.25, 0.3) is 0 Å². The molecule has 0 saturated carbocycles. The van der Waals surface area contributed by atoms with Gasteiger partial charge in [0.05, 0.1) is 6.61 Å². The Morgan fingerprint density at radius 3 is 2.04 bits per heavy atom. The second-order valence-electron chi connectivity index (χ2n) is 7.55. The first-order valence-corrected chi connectivity index (χ1v) is 10.9. The van der Waals surface area contributed by atoms with Gasteiger partial charge in [-0.25, -0.2) is 0 Å². The van der Waals surface area contributed by atoms with Gasteiger partial charge in [0.15, 0.2) is 14.1 Å². The summed E-state index contributed by atoms with van der Waals surface area (Å²) in [6.07, 6.45) is 2.78. The summed E-state index contributed by atoms with van der Waals surface area (Å²) >= 11 is 0. The first kappa shape index (κ1) is 21.8. The Morgan fingerprint density at radius 2 is 1.70 bits per heavy atom. The highest BCUT2D eigenvalue weighted by Gasteiger charge is 2.45. The van der Waals surface area contributed by atoms with Gasteiger partial charge >= 0.3 is 5.97 Å². The summed E-state index contributed by atoms with van der Waals surface area (Å²) in [5, 5.41) is 0.0386. The Bertz CT molecular complexity index is 462. The maximum absolute atomic E-state index is 12.3. The first-order valence-electron chi connectivity index (χ1n) is 7.96. The predicted octanol–water partition coefficient (Wildman–Crippen LogP) is 4.13. The fourth-order valence-corrected chi connectivity index (χ4v) is 2.97. The molecule has 0 bridgehead atoms. The molecule has 0 amide bonds. The Morgan fingerprint density at radius 1 is 1.17 bits per heavy atom. The zero-order valence-corrected chi connectivity index (χ0v) is 16.7. The van der Waals surface area contributed by atoms with Crippen molar-refractivity contribution in [2.45, 2.75) is 52.8 Å². The predicted molar refractivity (Wildman–Crippen MR) is 96.8 cm³/mol. The van der Waals surface area contributed by atoms with Crippen LogP contribution in [0.1, 0.15) is 34.6 Å². The van der Waals surface area contributed by atoms with Gasteiger partial charge in [-0.2, -0.15) is 0 Å². The van der Waals surface area contributed by atoms with Crippen molar-refractivity contribution in [1.29, 1.82) is 0 Å². The number of rotatable bonds is 9. The Balaban J connectivity index is 5.52. The van der Waals surface area contributed by atoms with Crippen LogP contribution in [0.15, 0.2) is 25.3 Å². The number of hydrogen-bond donors (Lipinski definition) is 0. The number of ether oxygens (including phenoxy) is 1. The third kappa shape index (κ3) is 5.43. The van der Waals surface area contributed by atoms with Crippen LogP contribution >= 0.6 is 0 Å². The van der Waals surface area contributed by atoms with Crippen LogP contribution in [0, 0.1) is 11.3 Å². The summed E-state index contributed by atoms with van der Waals surface area (Å²) in [5.74, 6) is -1.91. The Kier molecular flexibility index (Phi) is 7.64. The number of ketones is 1. The molecule has 0 radical (unpaired) electrons. The molecule has 1 unspecified atom stereocenters. The molecule has 0 aromatic carbocycles. The van der Waals surface area contributed by atoms with Crippen molar-refractivity contribution >= 4 is 20.1 Å². The number of esters is 1. The summed E-state index contributed by atoms with van der Waals surface area (Å²) in [6.45, 7) is 22.0. The molecule has 4 nitrogen and oxygen atoms in total. The highest BCUT2D eigenvalue weighted by molar-refractivity contribution is 6.74. The van der Waals surface area contributed by atoms with E-state index in [1.165, 1.54) is 0 Å². The van der Waals surface area contributed by atoms with Gasteiger partial charge in [0.1, 0.15) is 5.92 Å². The van der Waals surface area contributed by atoms with Gasteiger partial charge in [-0.05, 0) is 31.1 Å². The Hall–Kier alpha value is -1.20. The summed E-state index contributed by atoms with van der Waals surface area (Å²) in [7, 11) is -2.01. The van der Waals surface area contributed by atoms with Crippen LogP contribution < -0.4 is 0 Å². The molecule has 0 fully saturated rings. The number of hydrogen-bond acceptors (Lipinski definition) is 4. The van der Waals surface area contributed by atoms with Crippen molar-refractivity contribution in [3.05, 3.63) is 25.3 Å². The van der Waals surface area contributed by atoms with Gasteiger partial charge in [0, 0.05) is 12.0 Å². The minimum atomic E-state index is -2.01. The SMILES string of the molecule is C=CC(=O)C(C(=O)OCC)[C@](C)(C=C)CO[Si](C)(C)C(C)(C)C. The van der Waals surface area contributed by atoms with Gasteiger partial charge < -0.3 is 9.16 Å². The maximum Gasteiger partial charge on any atom is 0.317 e. The lowest BCUT2D eigenvalue weighted by atomic mass is 9.75. The van der Waals surface area contributed by atoms with E-state index >= 15 is 0 Å². The quantitative estimate of drug-likeness (QED) is 0.208. The highest BCUT2D eigenvalue weighted by Crippen LogP contribution is 2.39. The molecule has 0 aliphatic rings. The average Bonchev–Trinajstić information content (AvgIpc) is 2.44. The average molecular weight is 341 g/mol. The van der Waals surface area contributed by atoms with Crippen LogP contribution in [0.5, 0.6) is 0 Å². The van der Waals surface area contributed by atoms with E-state index < -0.39 is 25.6 Å². The smallest absolute Gasteiger partial charge is 0.317 e. The van der Waals surface area contributed by atoms with E-state index in [4.69, 9.17) is 9.16 Å². The van der Waals surface area contributed by atoms with Crippen molar-refractivity contribution in [1.82, 2.24) is 0 Å². The first-order chi connectivity index (χ1) is 10.4. The molecule has 0 rings (SSSR count). The van der Waals surface area contributed by atoms with Crippen LogP contribution in [-0.4, -0.2) is 33.3 Å². The van der Waals surface area contributed by atoms with Gasteiger partial charge in [-0.1, -0.05) is 40.3 Å². The normalized spacial score (nSPS) is 16.1. The second kappa shape index (κ2) is 8.06. The zero-order valence-electron chi connectivity index (χ0n) is 15.7. The molecule has 5 heteroatoms. The lowest BCUT2D eigenvalue weighted by Gasteiger charge is -2.40. The minimum absolute atomic E-state index is 0.0386. The van der Waals surface area contributed by atoms with Gasteiger partial charge in [-0.15, -0.1) is 6.58 Å². The Labute approximate surface area is 142 Å². The summed E-state index contributed by atoms with van der Waals surface area (Å²) in [4.78, 5) is 24.5. The summed E-state index contributed by atoms with van der Waals surface area (Å²) in [6, 6.07) is 0. The van der Waals surface area contributed by atoms with Crippen LogP contribution in [0.3, 0.4) is 0 Å². The van der Waals surface area contributed by atoms with E-state index in [1.807, 2.05) is 0 Å². The van der Waals surface area contributed by atoms with Crippen molar-refractivity contribution in [3.63, 3.8) is 0 Å². The third-order valence-electron chi connectivity index (χ3n) is 4.68. The second-order valence-corrected chi connectivity index (χ2v) is 12.4. The molecular weight excluding hydrogens is 308 g/mol. The van der Waals surface area contributed by atoms with Crippen molar-refractivity contribution in [3.8, 4) is 0 Å². The molecule has 2 atom stereocenters. The van der Waals surface area contributed by atoms with Crippen LogP contribution in [0.2, 0.25) is 18.1 Å². The van der Waals surface area contributed by atoms with Crippen molar-refractivity contribution < 1.29 is 18.8 Å². The molecule has 132 valence electrons.